The fourth-order valence-electron chi connectivity index (χ4n) is 2.86. The van der Waals surface area contributed by atoms with E-state index in [9.17, 15) is 4.79 Å². The number of piperidine rings is 1. The Morgan fingerprint density at radius 3 is 2.53 bits per heavy atom. The average molecular weight is 241 g/mol. The van der Waals surface area contributed by atoms with Crippen molar-refractivity contribution in [3.05, 3.63) is 0 Å². The fourth-order valence-corrected chi connectivity index (χ4v) is 2.86. The van der Waals surface area contributed by atoms with Gasteiger partial charge in [0.25, 0.3) is 0 Å². The van der Waals surface area contributed by atoms with Crippen molar-refractivity contribution in [1.29, 1.82) is 0 Å². The summed E-state index contributed by atoms with van der Waals surface area (Å²) in [6, 6.07) is 0.992. The van der Waals surface area contributed by atoms with Crippen LogP contribution in [-0.2, 0) is 4.79 Å². The number of rotatable bonds is 4. The molecule has 1 rings (SSSR count). The summed E-state index contributed by atoms with van der Waals surface area (Å²) in [5.74, 6) is 0.950. The van der Waals surface area contributed by atoms with Crippen molar-refractivity contribution >= 4 is 5.91 Å². The van der Waals surface area contributed by atoms with Gasteiger partial charge in [0, 0.05) is 45.7 Å². The Kier molecular flexibility index (Phi) is 5.40. The molecular weight excluding hydrogens is 214 g/mol. The van der Waals surface area contributed by atoms with E-state index >= 15 is 0 Å². The molecule has 0 aromatic rings. The molecule has 100 valence electrons. The van der Waals surface area contributed by atoms with E-state index < -0.39 is 0 Å². The Morgan fingerprint density at radius 2 is 2.00 bits per heavy atom. The predicted octanol–water partition coefficient (Wildman–Crippen LogP) is 0.912. The van der Waals surface area contributed by atoms with Gasteiger partial charge < -0.3 is 10.6 Å². The molecule has 3 atom stereocenters. The van der Waals surface area contributed by atoms with Crippen molar-refractivity contribution in [3.8, 4) is 0 Å². The minimum absolute atomic E-state index is 0.201. The Balaban J connectivity index is 2.51. The minimum Gasteiger partial charge on any atom is -0.349 e. The highest BCUT2D eigenvalue weighted by Crippen LogP contribution is 2.27. The summed E-state index contributed by atoms with van der Waals surface area (Å²) in [7, 11) is 3.62. The summed E-state index contributed by atoms with van der Waals surface area (Å²) >= 11 is 0. The molecule has 0 aromatic carbocycles. The number of hydrogen-bond acceptors (Lipinski definition) is 3. The zero-order chi connectivity index (χ0) is 13.0. The first-order valence-corrected chi connectivity index (χ1v) is 6.61. The Morgan fingerprint density at radius 1 is 1.35 bits per heavy atom. The van der Waals surface area contributed by atoms with E-state index in [0.29, 0.717) is 25.0 Å². The van der Waals surface area contributed by atoms with E-state index in [-0.39, 0.29) is 5.91 Å². The number of hydrogen-bond donors (Lipinski definition) is 1. The lowest BCUT2D eigenvalue weighted by Gasteiger charge is -2.43. The third kappa shape index (κ3) is 3.96. The van der Waals surface area contributed by atoms with Crippen LogP contribution in [0.4, 0.5) is 0 Å². The molecule has 0 aromatic heterocycles. The third-order valence-corrected chi connectivity index (χ3v) is 3.81. The fraction of sp³-hybridized carbons (Fsp3) is 0.923. The van der Waals surface area contributed by atoms with Gasteiger partial charge >= 0.3 is 0 Å². The van der Waals surface area contributed by atoms with E-state index in [4.69, 9.17) is 5.73 Å². The molecule has 0 saturated carbocycles. The van der Waals surface area contributed by atoms with Crippen molar-refractivity contribution < 1.29 is 4.79 Å². The largest absolute Gasteiger partial charge is 0.349 e. The molecule has 1 fully saturated rings. The van der Waals surface area contributed by atoms with Crippen molar-refractivity contribution in [1.82, 2.24) is 9.80 Å². The zero-order valence-corrected chi connectivity index (χ0v) is 11.6. The molecule has 1 aliphatic rings. The van der Waals surface area contributed by atoms with Crippen LogP contribution >= 0.6 is 0 Å². The van der Waals surface area contributed by atoms with E-state index in [1.807, 2.05) is 14.1 Å². The van der Waals surface area contributed by atoms with Gasteiger partial charge in [0.1, 0.15) is 0 Å². The van der Waals surface area contributed by atoms with Crippen molar-refractivity contribution in [3.63, 3.8) is 0 Å². The smallest absolute Gasteiger partial charge is 0.223 e. The Labute approximate surface area is 105 Å². The van der Waals surface area contributed by atoms with Crippen LogP contribution in [0, 0.1) is 5.92 Å². The molecule has 3 unspecified atom stereocenters. The molecular formula is C13H27N3O. The highest BCUT2D eigenvalue weighted by atomic mass is 16.2. The molecule has 1 aliphatic heterocycles. The molecule has 1 heterocycles. The van der Waals surface area contributed by atoms with Crippen molar-refractivity contribution in [2.24, 2.45) is 11.7 Å². The topological polar surface area (TPSA) is 49.6 Å². The first-order chi connectivity index (χ1) is 7.95. The number of likely N-dealkylation sites (tertiary alicyclic amines) is 1. The number of carbonyl (C=O) groups is 1. The van der Waals surface area contributed by atoms with Crippen LogP contribution in [-0.4, -0.2) is 55.0 Å². The Hall–Kier alpha value is -0.610. The second-order valence-corrected chi connectivity index (χ2v) is 5.59. The van der Waals surface area contributed by atoms with Crippen molar-refractivity contribution in [2.45, 2.75) is 45.2 Å². The van der Waals surface area contributed by atoms with Gasteiger partial charge in [0.15, 0.2) is 0 Å². The van der Waals surface area contributed by atoms with Gasteiger partial charge in [-0.3, -0.25) is 9.69 Å². The van der Waals surface area contributed by atoms with Crippen LogP contribution in [0.15, 0.2) is 0 Å². The van der Waals surface area contributed by atoms with Gasteiger partial charge in [-0.2, -0.15) is 0 Å². The van der Waals surface area contributed by atoms with Gasteiger partial charge in [-0.1, -0.05) is 6.92 Å². The molecule has 17 heavy (non-hydrogen) atoms. The van der Waals surface area contributed by atoms with Gasteiger partial charge in [0.2, 0.25) is 5.91 Å². The molecule has 0 radical (unpaired) electrons. The summed E-state index contributed by atoms with van der Waals surface area (Å²) in [6.07, 6.45) is 2.98. The van der Waals surface area contributed by atoms with Gasteiger partial charge in [-0.15, -0.1) is 0 Å². The normalized spacial score (nSPS) is 30.3. The second-order valence-electron chi connectivity index (χ2n) is 5.59. The lowest BCUT2D eigenvalue weighted by atomic mass is 9.87. The van der Waals surface area contributed by atoms with Crippen molar-refractivity contribution in [2.75, 3.05) is 27.2 Å². The lowest BCUT2D eigenvalue weighted by Crippen LogP contribution is -2.51. The molecule has 4 heteroatoms. The first-order valence-electron chi connectivity index (χ1n) is 6.61. The summed E-state index contributed by atoms with van der Waals surface area (Å²) in [6.45, 7) is 6.08. The monoisotopic (exact) mass is 241 g/mol. The maximum atomic E-state index is 11.6. The summed E-state index contributed by atoms with van der Waals surface area (Å²) < 4.78 is 0. The van der Waals surface area contributed by atoms with Crippen LogP contribution in [0.25, 0.3) is 0 Å². The van der Waals surface area contributed by atoms with Gasteiger partial charge in [0.05, 0.1) is 0 Å². The molecule has 4 nitrogen and oxygen atoms in total. The highest BCUT2D eigenvalue weighted by molar-refractivity contribution is 5.75. The molecule has 0 aliphatic carbocycles. The van der Waals surface area contributed by atoms with Gasteiger partial charge in [-0.05, 0) is 25.7 Å². The predicted molar refractivity (Wildman–Crippen MR) is 70.7 cm³/mol. The molecule has 0 spiro atoms. The maximum absolute atomic E-state index is 11.6. The van der Waals surface area contributed by atoms with E-state index in [1.165, 1.54) is 6.42 Å². The van der Waals surface area contributed by atoms with Crippen LogP contribution in [0.1, 0.15) is 33.1 Å². The number of carbonyl (C=O) groups excluding carboxylic acids is 1. The van der Waals surface area contributed by atoms with E-state index in [2.05, 4.69) is 18.7 Å². The average Bonchev–Trinajstić information content (AvgIpc) is 2.26. The van der Waals surface area contributed by atoms with E-state index in [1.54, 1.807) is 4.90 Å². The van der Waals surface area contributed by atoms with Crippen LogP contribution in [0.3, 0.4) is 0 Å². The number of nitrogens with zero attached hydrogens (tertiary/aromatic N) is 2. The SMILES string of the molecule is CC1CC(C)N(CCC(=O)N(C)C)C(CN)C1. The maximum Gasteiger partial charge on any atom is 0.223 e. The first kappa shape index (κ1) is 14.5. The summed E-state index contributed by atoms with van der Waals surface area (Å²) in [4.78, 5) is 15.7. The zero-order valence-electron chi connectivity index (χ0n) is 11.6. The number of amides is 1. The Bertz CT molecular complexity index is 255. The van der Waals surface area contributed by atoms with Crippen LogP contribution in [0.2, 0.25) is 0 Å². The quantitative estimate of drug-likeness (QED) is 0.796. The standard InChI is InChI=1S/C13H27N3O/c1-10-7-11(2)16(12(8-10)9-14)6-5-13(17)15(3)4/h10-12H,5-9,14H2,1-4H3. The summed E-state index contributed by atoms with van der Waals surface area (Å²) in [5.41, 5.74) is 5.85. The summed E-state index contributed by atoms with van der Waals surface area (Å²) in [5, 5.41) is 0. The van der Waals surface area contributed by atoms with E-state index in [0.717, 1.165) is 18.9 Å². The molecule has 1 amide bonds. The van der Waals surface area contributed by atoms with Crippen LogP contribution < -0.4 is 5.73 Å². The minimum atomic E-state index is 0.201. The molecule has 2 N–H and O–H groups in total. The number of nitrogens with two attached hydrogens (primary N) is 1. The second kappa shape index (κ2) is 6.36. The van der Waals surface area contributed by atoms with Gasteiger partial charge in [-0.25, -0.2) is 0 Å². The lowest BCUT2D eigenvalue weighted by molar-refractivity contribution is -0.129. The van der Waals surface area contributed by atoms with Crippen LogP contribution in [0.5, 0.6) is 0 Å². The highest BCUT2D eigenvalue weighted by Gasteiger charge is 2.30. The molecule has 1 saturated heterocycles. The third-order valence-electron chi connectivity index (χ3n) is 3.81. The molecule has 0 bridgehead atoms.